The van der Waals surface area contributed by atoms with Crippen LogP contribution in [0.2, 0.25) is 0 Å². The molecule has 0 bridgehead atoms. The molecule has 10 heterocycles. The summed E-state index contributed by atoms with van der Waals surface area (Å²) in [5, 5.41) is 74.5. The van der Waals surface area contributed by atoms with Crippen molar-refractivity contribution in [3.8, 4) is 79.7 Å². The number of aliphatic imine (C=N–C) groups is 1. The van der Waals surface area contributed by atoms with Crippen molar-refractivity contribution in [3.05, 3.63) is 308 Å². The quantitative estimate of drug-likeness (QED) is 0.0110. The number of carbonyl (C=O) groups is 3. The van der Waals surface area contributed by atoms with Crippen molar-refractivity contribution in [2.24, 2.45) is 10.7 Å². The Morgan fingerprint density at radius 3 is 1.18 bits per heavy atom. The van der Waals surface area contributed by atoms with Gasteiger partial charge in [0.2, 0.25) is 23.8 Å². The number of aromatic amines is 1. The van der Waals surface area contributed by atoms with Crippen molar-refractivity contribution in [2.75, 3.05) is 137 Å². The van der Waals surface area contributed by atoms with Gasteiger partial charge in [0.05, 0.1) is 130 Å². The van der Waals surface area contributed by atoms with Gasteiger partial charge in [-0.3, -0.25) is 54.8 Å². The minimum absolute atomic E-state index is 0.0150. The number of amides is 1. The summed E-state index contributed by atoms with van der Waals surface area (Å²) in [7, 11) is 4.36. The number of carbonyl (C=O) groups excluding carboxylic acids is 3. The molecule has 137 heavy (non-hydrogen) atoms. The van der Waals surface area contributed by atoms with Gasteiger partial charge in [-0.25, -0.2) is 29.0 Å². The molecule has 8 aromatic carbocycles. The summed E-state index contributed by atoms with van der Waals surface area (Å²) in [5.74, 6) is 1.24. The van der Waals surface area contributed by atoms with Gasteiger partial charge in [0.15, 0.2) is 30.0 Å². The number of ether oxygens (including phenoxy) is 6. The largest absolute Gasteiger partial charge is 0.494 e. The van der Waals surface area contributed by atoms with E-state index in [9.17, 15) is 49.8 Å². The molecule has 3 fully saturated rings. The molecule has 0 spiro atoms. The van der Waals surface area contributed by atoms with Crippen LogP contribution in [0.25, 0.3) is 62.5 Å². The second-order valence-corrected chi connectivity index (χ2v) is 29.4. The standard InChI is InChI=1S/C26H27N7O4.C25H25N7O5.C25H23N7O5.C10H8N2O.C10H12N2O/c1-3-18-17-32(30-25(18)19-7-5-4-6-8-19)24-9-10-27-26(29-24)28-20-15-22(33(34)35)21(16-23(20)36-2)31-11-13-37-14-12-31;2*1-36-22-14-20(30-9-11-37-12-10-30)21(32(34)35)13-19(22)27-25-26-8-7-23(28-25)31-15-18(16-33)24(29-31)17-5-3-2-4-6-17;13-7-9-6-11-12-10(9)8-4-2-1-3-5-8;1-8(12-7-10(11)13)9-5-3-2-4-6-9/h4-10,15-17H,3,11-14H2,1-2H3,(H,27,28,29);2-8,13-15,33H,9-12,16H2,1H3,(H,26,27,28);2-8,13-16H,9-12H2,1H3,(H,26,27,28);1-7H,(H,11,12);2-6H,7H2,1H3,(H2,11,13)/i3D2,17D;15D,16D2;15D,16D;6D,7D;. The summed E-state index contributed by atoms with van der Waals surface area (Å²) < 4.78 is 116. The monoisotopic (exact) mass is 1860 g/mol. The van der Waals surface area contributed by atoms with Crippen LogP contribution in [0.1, 0.15) is 65.0 Å². The van der Waals surface area contributed by atoms with Crippen molar-refractivity contribution in [2.45, 2.75) is 26.8 Å². The average Bonchev–Trinajstić information content (AvgIpc) is 1.62. The van der Waals surface area contributed by atoms with E-state index in [1.165, 1.54) is 81.9 Å². The smallest absolute Gasteiger partial charge is 0.294 e. The predicted octanol–water partition coefficient (Wildman–Crippen LogP) is 14.2. The number of aromatic nitrogens is 14. The zero-order chi connectivity index (χ0) is 105. The van der Waals surface area contributed by atoms with E-state index >= 15 is 0 Å². The number of hydrogen-bond acceptors (Lipinski definition) is 33. The third kappa shape index (κ3) is 24.3. The zero-order valence-corrected chi connectivity index (χ0v) is 74.1. The van der Waals surface area contributed by atoms with Crippen LogP contribution in [-0.2, 0) is 31.9 Å². The lowest BCUT2D eigenvalue weighted by Gasteiger charge is -2.29. The number of aliphatic hydroxyl groups is 1. The summed E-state index contributed by atoms with van der Waals surface area (Å²) in [6.45, 7) is 6.29. The number of hydrogen-bond donors (Lipinski definition) is 6. The molecule has 18 rings (SSSR count). The number of primary amides is 1. The van der Waals surface area contributed by atoms with Gasteiger partial charge in [-0.15, -0.1) is 0 Å². The van der Waals surface area contributed by atoms with E-state index in [4.69, 9.17) is 47.9 Å². The Morgan fingerprint density at radius 2 is 0.839 bits per heavy atom. The van der Waals surface area contributed by atoms with E-state index in [2.05, 4.69) is 76.3 Å². The SMILES string of the molecule is CC(=NCC(N)=O)c1ccccc1.[2H]C(=O)c1c(-c2ccccc2)n[nH]c1[2H].[2H]C(=O)c1c(-c2ccccc2)nn(-c2ccnc(Nc3cc([N+](=O)[O-])c(N4CCOCC4)cc3OC)n2)c1[2H].[2H]c1c(C([2H])([2H])C)c(-c2ccccc2)nn1-c1ccnc(Nc2cc([N+](=O)[O-])c(N3CCOCC3)cc2OC)n1.[2H]c1c(C([2H])([2H])O)c(-c2ccccc2)nn1-c1ccnc(Nc2cc([N+](=O)[O-])c(N3CCOCC3)cc2OC)n1. The number of nitrogens with one attached hydrogen (secondary N) is 4. The molecule has 0 saturated carbocycles. The van der Waals surface area contributed by atoms with Crippen LogP contribution in [0, 0.1) is 30.3 Å². The number of nitro benzene ring substituents is 3. The summed E-state index contributed by atoms with van der Waals surface area (Å²) in [5.41, 5.74) is 11.6. The van der Waals surface area contributed by atoms with Crippen LogP contribution >= 0.6 is 0 Å². The number of anilines is 9. The van der Waals surface area contributed by atoms with Crippen LogP contribution in [0.5, 0.6) is 17.2 Å². The summed E-state index contributed by atoms with van der Waals surface area (Å²) in [6.07, 6.45) is -0.500. The summed E-state index contributed by atoms with van der Waals surface area (Å²) >= 11 is 0. The Balaban J connectivity index is 0.000000153. The molecule has 41 nitrogen and oxygen atoms in total. The van der Waals surface area contributed by atoms with Crippen molar-refractivity contribution < 1.29 is 76.4 Å². The number of nitrogens with zero attached hydrogens (tertiary/aromatic N) is 20. The van der Waals surface area contributed by atoms with Crippen molar-refractivity contribution in [1.29, 1.82) is 0 Å². The molecular weight excluding hydrogens is 1760 g/mol. The lowest BCUT2D eigenvalue weighted by Crippen LogP contribution is -2.36. The first-order chi connectivity index (χ1) is 70.6. The number of methoxy groups -OCH3 is 3. The maximum Gasteiger partial charge on any atom is 0.294 e. The molecule has 15 aromatic rings. The highest BCUT2D eigenvalue weighted by Gasteiger charge is 2.30. The van der Waals surface area contributed by atoms with Gasteiger partial charge in [0.1, 0.15) is 55.0 Å². The highest BCUT2D eigenvalue weighted by molar-refractivity contribution is 5.99. The van der Waals surface area contributed by atoms with E-state index in [1.54, 1.807) is 109 Å². The Bertz CT molecular complexity index is 7050. The molecule has 3 aliphatic heterocycles. The maximum atomic E-state index is 12.1. The fraction of sp³-hybridized carbons (Fsp3) is 0.208. The highest BCUT2D eigenvalue weighted by Crippen LogP contribution is 2.44. The number of aldehydes is 2. The summed E-state index contributed by atoms with van der Waals surface area (Å²) in [4.78, 5) is 104. The molecule has 1 amide bonds. The fourth-order valence-corrected chi connectivity index (χ4v) is 14.2. The second kappa shape index (κ2) is 46.6. The van der Waals surface area contributed by atoms with Gasteiger partial charge in [-0.2, -0.15) is 35.3 Å². The number of benzene rings is 8. The molecule has 7 aromatic heterocycles. The molecule has 3 aliphatic rings. The van der Waals surface area contributed by atoms with Crippen LogP contribution in [0.3, 0.4) is 0 Å². The number of nitro groups is 3. The molecule has 0 unspecified atom stereocenters. The van der Waals surface area contributed by atoms with Gasteiger partial charge >= 0.3 is 0 Å². The van der Waals surface area contributed by atoms with E-state index in [0.29, 0.717) is 141 Å². The minimum atomic E-state index is -2.84. The van der Waals surface area contributed by atoms with Crippen LogP contribution in [0.4, 0.5) is 69.0 Å². The third-order valence-electron chi connectivity index (χ3n) is 20.8. The second-order valence-electron chi connectivity index (χ2n) is 29.4. The first kappa shape index (κ1) is 82.7. The molecule has 700 valence electrons. The Labute approximate surface area is 798 Å². The molecule has 3 saturated heterocycles. The van der Waals surface area contributed by atoms with Gasteiger partial charge in [-0.05, 0) is 24.4 Å². The van der Waals surface area contributed by atoms with Gasteiger partial charge in [0, 0.05) is 173 Å². The molecule has 0 atom stereocenters. The third-order valence-corrected chi connectivity index (χ3v) is 20.8. The maximum absolute atomic E-state index is 12.1. The van der Waals surface area contributed by atoms with Crippen molar-refractivity contribution in [3.63, 3.8) is 0 Å². The van der Waals surface area contributed by atoms with E-state index < -0.39 is 52.3 Å². The van der Waals surface area contributed by atoms with Crippen molar-refractivity contribution in [1.82, 2.24) is 69.4 Å². The first-order valence-corrected chi connectivity index (χ1v) is 42.2. The fourth-order valence-electron chi connectivity index (χ4n) is 14.2. The Kier molecular flexibility index (Phi) is 28.1. The van der Waals surface area contributed by atoms with E-state index in [-0.39, 0.29) is 128 Å². The topological polar surface area (TPSA) is 500 Å². The summed E-state index contributed by atoms with van der Waals surface area (Å²) in [6, 6.07) is 58.5. The molecule has 0 aliphatic carbocycles. The number of morpholine rings is 3. The van der Waals surface area contributed by atoms with Crippen LogP contribution in [-0.4, -0.2) is 220 Å². The Morgan fingerprint density at radius 1 is 0.504 bits per heavy atom. The number of rotatable bonds is 29. The molecule has 0 radical (unpaired) electrons. The highest BCUT2D eigenvalue weighted by atomic mass is 16.6. The number of nitrogens with two attached hydrogens (primary N) is 1. The van der Waals surface area contributed by atoms with Gasteiger partial charge in [0.25, 0.3) is 17.1 Å². The molecule has 7 N–H and O–H groups in total. The lowest BCUT2D eigenvalue weighted by atomic mass is 10.1. The molecule has 41 heteroatoms. The lowest BCUT2D eigenvalue weighted by molar-refractivity contribution is -0.384. The van der Waals surface area contributed by atoms with E-state index in [1.807, 2.05) is 88.4 Å². The molecular formula is C96H95N25O16. The average molecular weight is 1870 g/mol. The van der Waals surface area contributed by atoms with Crippen LogP contribution in [0.15, 0.2) is 255 Å². The van der Waals surface area contributed by atoms with Gasteiger partial charge < -0.3 is 69.9 Å². The van der Waals surface area contributed by atoms with Crippen molar-refractivity contribution >= 4 is 93.2 Å². The number of H-pyrrole nitrogens is 1. The Hall–Kier alpha value is -17.4. The normalized spacial score (nSPS) is 14.1. The van der Waals surface area contributed by atoms with Gasteiger partial charge in [-0.1, -0.05) is 159 Å². The van der Waals surface area contributed by atoms with E-state index in [0.717, 1.165) is 26.2 Å². The zero-order valence-electron chi connectivity index (χ0n) is 84.1. The van der Waals surface area contributed by atoms with Crippen LogP contribution < -0.4 is 50.6 Å². The predicted molar refractivity (Wildman–Crippen MR) is 514 cm³/mol. The first-order valence-electron chi connectivity index (χ1n) is 47.2. The minimum Gasteiger partial charge on any atom is -0.494 e.